The second-order valence-electron chi connectivity index (χ2n) is 13.3. The van der Waals surface area contributed by atoms with Crippen molar-refractivity contribution in [1.29, 1.82) is 0 Å². The molecule has 0 saturated carbocycles. The first-order valence-corrected chi connectivity index (χ1v) is 18.7. The lowest BCUT2D eigenvalue weighted by atomic mass is 9.88. The van der Waals surface area contributed by atoms with Crippen LogP contribution in [0.2, 0.25) is 0 Å². The molecule has 0 radical (unpaired) electrons. The maximum atomic E-state index is 2.41. The normalized spacial score (nSPS) is 12.0. The molecular weight excluding hydrogens is 641 g/mol. The summed E-state index contributed by atoms with van der Waals surface area (Å²) in [6, 6.07) is 63.5. The second-order valence-corrected chi connectivity index (χ2v) is 15.4. The highest BCUT2D eigenvalue weighted by molar-refractivity contribution is 7.26. The maximum absolute atomic E-state index is 2.41. The highest BCUT2D eigenvalue weighted by Gasteiger charge is 2.16. The van der Waals surface area contributed by atoms with Crippen LogP contribution in [0.1, 0.15) is 0 Å². The smallest absolute Gasteiger partial charge is 0.0355 e. The van der Waals surface area contributed by atoms with Crippen LogP contribution in [0.25, 0.3) is 106 Å². The second kappa shape index (κ2) is 10.9. The minimum Gasteiger partial charge on any atom is -0.135 e. The number of thiophene rings is 2. The third kappa shape index (κ3) is 4.29. The number of rotatable bonds is 3. The monoisotopic (exact) mass is 668 g/mol. The van der Waals surface area contributed by atoms with E-state index in [9.17, 15) is 0 Å². The zero-order valence-electron chi connectivity index (χ0n) is 27.0. The average Bonchev–Trinajstić information content (AvgIpc) is 3.75. The zero-order valence-corrected chi connectivity index (χ0v) is 28.6. The molecule has 0 spiro atoms. The van der Waals surface area contributed by atoms with Crippen LogP contribution in [0.5, 0.6) is 0 Å². The molecule has 0 bridgehead atoms. The Morgan fingerprint density at radius 3 is 1.38 bits per heavy atom. The van der Waals surface area contributed by atoms with Crippen LogP contribution >= 0.6 is 22.7 Å². The Morgan fingerprint density at radius 2 is 0.740 bits per heavy atom. The molecule has 0 amide bonds. The molecule has 0 saturated heterocycles. The van der Waals surface area contributed by atoms with E-state index >= 15 is 0 Å². The SMILES string of the molecule is c1ccc2c(c1)ccc1cc(-c3cc(-c4ccc5sc6ccccc6c5c4)cc(-c4ccc5sc6ccccc6c5c4)c3)c3ccccc3c12. The Labute approximate surface area is 297 Å². The Bertz CT molecular complexity index is 3020. The fourth-order valence-electron chi connectivity index (χ4n) is 8.05. The van der Waals surface area contributed by atoms with Gasteiger partial charge in [-0.05, 0) is 126 Å². The van der Waals surface area contributed by atoms with Crippen LogP contribution in [0, 0.1) is 0 Å². The number of benzene rings is 9. The van der Waals surface area contributed by atoms with E-state index in [0.717, 1.165) is 0 Å². The van der Waals surface area contributed by atoms with Gasteiger partial charge in [-0.1, -0.05) is 109 Å². The van der Waals surface area contributed by atoms with Gasteiger partial charge in [-0.3, -0.25) is 0 Å². The van der Waals surface area contributed by atoms with Gasteiger partial charge in [0, 0.05) is 40.3 Å². The molecule has 0 nitrogen and oxygen atoms in total. The van der Waals surface area contributed by atoms with E-state index in [4.69, 9.17) is 0 Å². The van der Waals surface area contributed by atoms with E-state index in [1.165, 1.54) is 106 Å². The van der Waals surface area contributed by atoms with Crippen molar-refractivity contribution in [2.24, 2.45) is 0 Å². The first kappa shape index (κ1) is 28.1. The van der Waals surface area contributed by atoms with E-state index < -0.39 is 0 Å². The van der Waals surface area contributed by atoms with Crippen molar-refractivity contribution in [3.8, 4) is 33.4 Å². The zero-order chi connectivity index (χ0) is 32.8. The molecule has 11 aromatic rings. The fourth-order valence-corrected chi connectivity index (χ4v) is 10.2. The lowest BCUT2D eigenvalue weighted by molar-refractivity contribution is 1.61. The lowest BCUT2D eigenvalue weighted by Crippen LogP contribution is -1.89. The summed E-state index contributed by atoms with van der Waals surface area (Å²) >= 11 is 3.75. The Morgan fingerprint density at radius 1 is 0.260 bits per heavy atom. The molecule has 0 unspecified atom stereocenters. The summed E-state index contributed by atoms with van der Waals surface area (Å²) in [6.45, 7) is 0. The van der Waals surface area contributed by atoms with Crippen molar-refractivity contribution in [2.45, 2.75) is 0 Å². The number of hydrogen-bond donors (Lipinski definition) is 0. The number of hydrogen-bond acceptors (Lipinski definition) is 2. The predicted molar refractivity (Wildman–Crippen MR) is 221 cm³/mol. The molecule has 0 atom stereocenters. The Hall–Kier alpha value is -5.80. The van der Waals surface area contributed by atoms with E-state index in [0.29, 0.717) is 0 Å². The van der Waals surface area contributed by atoms with Crippen molar-refractivity contribution >= 4 is 95.3 Å². The molecule has 11 rings (SSSR count). The summed E-state index contributed by atoms with van der Waals surface area (Å²) in [5.74, 6) is 0. The summed E-state index contributed by atoms with van der Waals surface area (Å²) < 4.78 is 5.32. The molecule has 2 heterocycles. The van der Waals surface area contributed by atoms with Crippen LogP contribution in [-0.2, 0) is 0 Å². The largest absolute Gasteiger partial charge is 0.135 e. The first-order valence-electron chi connectivity index (χ1n) is 17.1. The molecular formula is C48H28S2. The van der Waals surface area contributed by atoms with Gasteiger partial charge in [0.15, 0.2) is 0 Å². The quantitative estimate of drug-likeness (QED) is 0.164. The highest BCUT2D eigenvalue weighted by atomic mass is 32.1. The molecule has 0 aliphatic heterocycles. The van der Waals surface area contributed by atoms with Gasteiger partial charge in [0.25, 0.3) is 0 Å². The molecule has 0 fully saturated rings. The molecule has 2 heteroatoms. The van der Waals surface area contributed by atoms with Crippen molar-refractivity contribution < 1.29 is 0 Å². The van der Waals surface area contributed by atoms with Gasteiger partial charge >= 0.3 is 0 Å². The Kier molecular flexibility index (Phi) is 6.09. The summed E-state index contributed by atoms with van der Waals surface area (Å²) in [7, 11) is 0. The molecule has 232 valence electrons. The third-order valence-electron chi connectivity index (χ3n) is 10.4. The minimum absolute atomic E-state index is 1.23. The van der Waals surface area contributed by atoms with Gasteiger partial charge in [-0.25, -0.2) is 0 Å². The van der Waals surface area contributed by atoms with Gasteiger partial charge in [-0.15, -0.1) is 22.7 Å². The first-order chi connectivity index (χ1) is 24.7. The van der Waals surface area contributed by atoms with Crippen molar-refractivity contribution in [2.75, 3.05) is 0 Å². The van der Waals surface area contributed by atoms with Gasteiger partial charge in [0.05, 0.1) is 0 Å². The molecule has 50 heavy (non-hydrogen) atoms. The van der Waals surface area contributed by atoms with Crippen molar-refractivity contribution in [3.63, 3.8) is 0 Å². The van der Waals surface area contributed by atoms with E-state index in [2.05, 4.69) is 170 Å². The molecule has 9 aromatic carbocycles. The third-order valence-corrected chi connectivity index (χ3v) is 12.7. The van der Waals surface area contributed by atoms with Crippen LogP contribution in [0.15, 0.2) is 170 Å². The summed E-state index contributed by atoms with van der Waals surface area (Å²) in [4.78, 5) is 0. The predicted octanol–water partition coefficient (Wildman–Crippen LogP) is 14.9. The molecule has 0 aliphatic carbocycles. The highest BCUT2D eigenvalue weighted by Crippen LogP contribution is 2.43. The number of fused-ring (bicyclic) bond motifs is 11. The van der Waals surface area contributed by atoms with Gasteiger partial charge < -0.3 is 0 Å². The van der Waals surface area contributed by atoms with Crippen LogP contribution in [0.3, 0.4) is 0 Å². The van der Waals surface area contributed by atoms with Crippen molar-refractivity contribution in [1.82, 2.24) is 0 Å². The molecule has 0 aliphatic rings. The van der Waals surface area contributed by atoms with Gasteiger partial charge in [0.1, 0.15) is 0 Å². The summed E-state index contributed by atoms with van der Waals surface area (Å²) in [5, 5.41) is 13.0. The van der Waals surface area contributed by atoms with E-state index in [1.54, 1.807) is 0 Å². The van der Waals surface area contributed by atoms with E-state index in [-0.39, 0.29) is 0 Å². The standard InChI is InChI=1S/C48H28S2/c1-2-10-36-29(9-1)17-18-32-28-41(37-11-3-4-14-40(37)48(32)36)35-24-33(30-19-21-46-42(26-30)38-12-5-7-15-44(38)49-46)23-34(25-35)31-20-22-47-43(27-31)39-13-6-8-16-45(39)50-47/h1-28H. The van der Waals surface area contributed by atoms with Crippen LogP contribution in [-0.4, -0.2) is 0 Å². The van der Waals surface area contributed by atoms with E-state index in [1.807, 2.05) is 22.7 Å². The van der Waals surface area contributed by atoms with Crippen LogP contribution in [0.4, 0.5) is 0 Å². The maximum Gasteiger partial charge on any atom is 0.0355 e. The van der Waals surface area contributed by atoms with Gasteiger partial charge in [-0.2, -0.15) is 0 Å². The van der Waals surface area contributed by atoms with Crippen LogP contribution < -0.4 is 0 Å². The fraction of sp³-hybridized carbons (Fsp3) is 0. The molecule has 0 N–H and O–H groups in total. The van der Waals surface area contributed by atoms with Gasteiger partial charge in [0.2, 0.25) is 0 Å². The average molecular weight is 669 g/mol. The lowest BCUT2D eigenvalue weighted by Gasteiger charge is -2.16. The summed E-state index contributed by atoms with van der Waals surface area (Å²) in [5.41, 5.74) is 7.43. The molecule has 2 aromatic heterocycles. The Balaban J connectivity index is 1.20. The topological polar surface area (TPSA) is 0 Å². The summed E-state index contributed by atoms with van der Waals surface area (Å²) in [6.07, 6.45) is 0. The minimum atomic E-state index is 1.23. The van der Waals surface area contributed by atoms with Crippen molar-refractivity contribution in [3.05, 3.63) is 170 Å².